The van der Waals surface area contributed by atoms with Gasteiger partial charge in [0, 0.05) is 12.7 Å². The highest BCUT2D eigenvalue weighted by atomic mass is 15.3. The fourth-order valence-electron chi connectivity index (χ4n) is 2.45. The zero-order chi connectivity index (χ0) is 17.3. The second kappa shape index (κ2) is 8.68. The summed E-state index contributed by atoms with van der Waals surface area (Å²) in [6, 6.07) is 22.3. The van der Waals surface area contributed by atoms with Crippen LogP contribution in [0.3, 0.4) is 0 Å². The smallest absolute Gasteiger partial charge is 0.191 e. The second-order valence-electron chi connectivity index (χ2n) is 5.62. The molecule has 0 spiro atoms. The van der Waals surface area contributed by atoms with Gasteiger partial charge in [0.05, 0.1) is 24.5 Å². The molecule has 0 amide bonds. The average molecular weight is 333 g/mol. The maximum atomic E-state index is 4.62. The Hall–Kier alpha value is -3.08. The normalized spacial score (nSPS) is 11.3. The third-order valence-electron chi connectivity index (χ3n) is 3.71. The van der Waals surface area contributed by atoms with Gasteiger partial charge in [-0.05, 0) is 30.7 Å². The van der Waals surface area contributed by atoms with E-state index in [0.717, 1.165) is 23.9 Å². The van der Waals surface area contributed by atoms with Gasteiger partial charge in [0.2, 0.25) is 0 Å². The van der Waals surface area contributed by atoms with Crippen LogP contribution in [0.15, 0.2) is 77.9 Å². The van der Waals surface area contributed by atoms with Crippen molar-refractivity contribution < 1.29 is 0 Å². The summed E-state index contributed by atoms with van der Waals surface area (Å²) in [5, 5.41) is 11.2. The molecule has 2 N–H and O–H groups in total. The summed E-state index contributed by atoms with van der Waals surface area (Å²) in [4.78, 5) is 4.62. The topological polar surface area (TPSA) is 54.2 Å². The molecule has 0 radical (unpaired) electrons. The maximum Gasteiger partial charge on any atom is 0.191 e. The van der Waals surface area contributed by atoms with E-state index in [9.17, 15) is 0 Å². The van der Waals surface area contributed by atoms with Crippen LogP contribution in [0.2, 0.25) is 0 Å². The molecule has 128 valence electrons. The third-order valence-corrected chi connectivity index (χ3v) is 3.71. The molecule has 0 aliphatic heterocycles. The molecule has 0 aliphatic rings. The van der Waals surface area contributed by atoms with Crippen LogP contribution in [0, 0.1) is 0 Å². The molecule has 0 saturated carbocycles. The minimum Gasteiger partial charge on any atom is -0.357 e. The third kappa shape index (κ3) is 4.94. The molecule has 2 aromatic carbocycles. The molecule has 0 aliphatic carbocycles. The van der Waals surface area contributed by atoms with Crippen LogP contribution in [0.25, 0.3) is 5.69 Å². The Labute approximate surface area is 148 Å². The summed E-state index contributed by atoms with van der Waals surface area (Å²) in [6.07, 6.45) is 1.97. The highest BCUT2D eigenvalue weighted by Crippen LogP contribution is 2.06. The van der Waals surface area contributed by atoms with Gasteiger partial charge < -0.3 is 10.6 Å². The molecule has 25 heavy (non-hydrogen) atoms. The molecule has 5 heteroatoms. The highest BCUT2D eigenvalue weighted by molar-refractivity contribution is 5.79. The first-order chi connectivity index (χ1) is 12.3. The summed E-state index contributed by atoms with van der Waals surface area (Å²) in [5.74, 6) is 0.792. The summed E-state index contributed by atoms with van der Waals surface area (Å²) in [7, 11) is 0. The molecule has 1 heterocycles. The van der Waals surface area contributed by atoms with Gasteiger partial charge in [0.1, 0.15) is 0 Å². The molecular weight excluding hydrogens is 310 g/mol. The summed E-state index contributed by atoms with van der Waals surface area (Å²) < 4.78 is 1.88. The van der Waals surface area contributed by atoms with E-state index in [1.807, 2.05) is 65.5 Å². The van der Waals surface area contributed by atoms with Crippen LogP contribution in [0.4, 0.5) is 0 Å². The Morgan fingerprint density at radius 2 is 1.68 bits per heavy atom. The van der Waals surface area contributed by atoms with E-state index in [0.29, 0.717) is 13.1 Å². The maximum absolute atomic E-state index is 4.62. The van der Waals surface area contributed by atoms with E-state index in [2.05, 4.69) is 39.8 Å². The number of aromatic nitrogens is 2. The number of hydrogen-bond donors (Lipinski definition) is 2. The van der Waals surface area contributed by atoms with Gasteiger partial charge in [-0.15, -0.1) is 0 Å². The molecule has 3 aromatic rings. The van der Waals surface area contributed by atoms with Crippen LogP contribution in [0.5, 0.6) is 0 Å². The Morgan fingerprint density at radius 3 is 2.40 bits per heavy atom. The van der Waals surface area contributed by atoms with E-state index in [4.69, 9.17) is 0 Å². The molecular formula is C20H23N5. The van der Waals surface area contributed by atoms with Crippen molar-refractivity contribution in [3.05, 3.63) is 84.2 Å². The number of nitrogens with one attached hydrogen (secondary N) is 2. The Kier molecular flexibility index (Phi) is 5.82. The number of para-hydroxylation sites is 1. The lowest BCUT2D eigenvalue weighted by Gasteiger charge is -2.10. The minimum absolute atomic E-state index is 0.625. The molecule has 3 rings (SSSR count). The molecule has 5 nitrogen and oxygen atoms in total. The quantitative estimate of drug-likeness (QED) is 0.538. The van der Waals surface area contributed by atoms with Crippen molar-refractivity contribution in [3.63, 3.8) is 0 Å². The molecule has 0 saturated heterocycles. The zero-order valence-electron chi connectivity index (χ0n) is 14.4. The van der Waals surface area contributed by atoms with Gasteiger partial charge in [-0.1, -0.05) is 48.5 Å². The van der Waals surface area contributed by atoms with E-state index in [1.54, 1.807) is 0 Å². The van der Waals surface area contributed by atoms with Crippen molar-refractivity contribution in [1.82, 2.24) is 20.4 Å². The van der Waals surface area contributed by atoms with E-state index in [1.165, 1.54) is 5.56 Å². The number of hydrogen-bond acceptors (Lipinski definition) is 2. The lowest BCUT2D eigenvalue weighted by Crippen LogP contribution is -2.36. The van der Waals surface area contributed by atoms with Gasteiger partial charge >= 0.3 is 0 Å². The standard InChI is InChI=1S/C20H23N5/c1-2-21-20(22-15-17-9-5-3-6-10-17)23-16-18-13-14-25(24-18)19-11-7-4-8-12-19/h3-14H,2,15-16H2,1H3,(H2,21,22,23). The monoisotopic (exact) mass is 333 g/mol. The number of rotatable bonds is 6. The van der Waals surface area contributed by atoms with Crippen LogP contribution >= 0.6 is 0 Å². The zero-order valence-corrected chi connectivity index (χ0v) is 14.4. The van der Waals surface area contributed by atoms with Gasteiger partial charge in [-0.25, -0.2) is 9.67 Å². The number of aliphatic imine (C=N–C) groups is 1. The van der Waals surface area contributed by atoms with Gasteiger partial charge in [-0.3, -0.25) is 0 Å². The van der Waals surface area contributed by atoms with Crippen molar-refractivity contribution >= 4 is 5.96 Å². The van der Waals surface area contributed by atoms with Gasteiger partial charge in [-0.2, -0.15) is 5.10 Å². The Balaban J connectivity index is 1.61. The first-order valence-corrected chi connectivity index (χ1v) is 8.51. The molecule has 0 bridgehead atoms. The summed E-state index contributed by atoms with van der Waals surface area (Å²) in [5.41, 5.74) is 3.21. The highest BCUT2D eigenvalue weighted by Gasteiger charge is 2.03. The molecule has 0 unspecified atom stereocenters. The SMILES string of the molecule is CCNC(=NCc1ccccc1)NCc1ccn(-c2ccccc2)n1. The number of nitrogens with zero attached hydrogens (tertiary/aromatic N) is 3. The van der Waals surface area contributed by atoms with E-state index in [-0.39, 0.29) is 0 Å². The van der Waals surface area contributed by atoms with Crippen molar-refractivity contribution in [2.45, 2.75) is 20.0 Å². The lowest BCUT2D eigenvalue weighted by molar-refractivity contribution is 0.770. The fraction of sp³-hybridized carbons (Fsp3) is 0.200. The first-order valence-electron chi connectivity index (χ1n) is 8.51. The molecule has 1 aromatic heterocycles. The summed E-state index contributed by atoms with van der Waals surface area (Å²) >= 11 is 0. The van der Waals surface area contributed by atoms with Crippen molar-refractivity contribution in [3.8, 4) is 5.69 Å². The largest absolute Gasteiger partial charge is 0.357 e. The average Bonchev–Trinajstić information content (AvgIpc) is 3.15. The van der Waals surface area contributed by atoms with Gasteiger partial charge in [0.25, 0.3) is 0 Å². The van der Waals surface area contributed by atoms with Crippen molar-refractivity contribution in [1.29, 1.82) is 0 Å². The van der Waals surface area contributed by atoms with Crippen LogP contribution in [0.1, 0.15) is 18.2 Å². The fourth-order valence-corrected chi connectivity index (χ4v) is 2.45. The summed E-state index contributed by atoms with van der Waals surface area (Å²) in [6.45, 7) is 4.15. The Morgan fingerprint density at radius 1 is 0.960 bits per heavy atom. The Bertz CT molecular complexity index is 793. The number of guanidine groups is 1. The molecule has 0 fully saturated rings. The van der Waals surface area contributed by atoms with Crippen LogP contribution in [-0.4, -0.2) is 22.3 Å². The minimum atomic E-state index is 0.625. The first kappa shape index (κ1) is 16.8. The van der Waals surface area contributed by atoms with Crippen molar-refractivity contribution in [2.24, 2.45) is 4.99 Å². The van der Waals surface area contributed by atoms with E-state index >= 15 is 0 Å². The van der Waals surface area contributed by atoms with E-state index < -0.39 is 0 Å². The van der Waals surface area contributed by atoms with Crippen LogP contribution in [-0.2, 0) is 13.1 Å². The van der Waals surface area contributed by atoms with Gasteiger partial charge in [0.15, 0.2) is 5.96 Å². The predicted molar refractivity (Wildman–Crippen MR) is 102 cm³/mol. The predicted octanol–water partition coefficient (Wildman–Crippen LogP) is 3.13. The van der Waals surface area contributed by atoms with Crippen LogP contribution < -0.4 is 10.6 Å². The second-order valence-corrected chi connectivity index (χ2v) is 5.62. The molecule has 0 atom stereocenters. The van der Waals surface area contributed by atoms with Crippen molar-refractivity contribution in [2.75, 3.05) is 6.54 Å². The lowest BCUT2D eigenvalue weighted by atomic mass is 10.2. The number of benzene rings is 2.